The van der Waals surface area contributed by atoms with Gasteiger partial charge in [-0.2, -0.15) is 0 Å². The second kappa shape index (κ2) is 2.11. The largest absolute Gasteiger partial charge is 0.363 e. The van der Waals surface area contributed by atoms with Crippen LogP contribution in [0.1, 0.15) is 0 Å². The Morgan fingerprint density at radius 2 is 2.75 bits per heavy atom. The summed E-state index contributed by atoms with van der Waals surface area (Å²) in [5.41, 5.74) is 0. The SMILES string of the molecule is O=[C]Nc1ccon1. The third-order valence-electron chi connectivity index (χ3n) is 0.617. The van der Waals surface area contributed by atoms with Crippen LogP contribution in [-0.4, -0.2) is 11.6 Å². The molecule has 0 fully saturated rings. The van der Waals surface area contributed by atoms with Gasteiger partial charge in [0.1, 0.15) is 6.26 Å². The summed E-state index contributed by atoms with van der Waals surface area (Å²) in [7, 11) is 0. The highest BCUT2D eigenvalue weighted by Gasteiger charge is 1.89. The topological polar surface area (TPSA) is 55.1 Å². The average Bonchev–Trinajstić information content (AvgIpc) is 2.19. The van der Waals surface area contributed by atoms with Crippen LogP contribution in [0, 0.1) is 0 Å². The molecule has 1 amide bonds. The van der Waals surface area contributed by atoms with E-state index in [9.17, 15) is 4.79 Å². The maximum Gasteiger partial charge on any atom is 0.315 e. The Hall–Kier alpha value is -1.32. The lowest BCUT2D eigenvalue weighted by atomic mass is 10.6. The van der Waals surface area contributed by atoms with E-state index in [2.05, 4.69) is 15.0 Å². The van der Waals surface area contributed by atoms with Crippen molar-refractivity contribution in [2.45, 2.75) is 0 Å². The Kier molecular flexibility index (Phi) is 1.27. The minimum absolute atomic E-state index is 0.375. The Bertz CT molecular complexity index is 159. The minimum atomic E-state index is 0.375. The van der Waals surface area contributed by atoms with Gasteiger partial charge in [-0.25, -0.2) is 0 Å². The Morgan fingerprint density at radius 3 is 3.25 bits per heavy atom. The minimum Gasteiger partial charge on any atom is -0.363 e. The zero-order valence-corrected chi connectivity index (χ0v) is 3.92. The van der Waals surface area contributed by atoms with E-state index in [1.165, 1.54) is 18.7 Å². The van der Waals surface area contributed by atoms with E-state index in [0.29, 0.717) is 5.82 Å². The van der Waals surface area contributed by atoms with Crippen LogP contribution in [-0.2, 0) is 4.79 Å². The van der Waals surface area contributed by atoms with Crippen molar-refractivity contribution < 1.29 is 9.32 Å². The number of carbonyl (C=O) groups excluding carboxylic acids is 1. The number of nitrogens with one attached hydrogen (secondary N) is 1. The molecule has 0 saturated carbocycles. The molecule has 0 aliphatic carbocycles. The predicted molar refractivity (Wildman–Crippen MR) is 25.8 cm³/mol. The molecular weight excluding hydrogens is 108 g/mol. The molecule has 1 rings (SSSR count). The van der Waals surface area contributed by atoms with Crippen LogP contribution in [0.3, 0.4) is 0 Å². The highest BCUT2D eigenvalue weighted by molar-refractivity contribution is 5.68. The monoisotopic (exact) mass is 111 g/mol. The van der Waals surface area contributed by atoms with Crippen molar-refractivity contribution in [3.05, 3.63) is 12.3 Å². The number of rotatable bonds is 2. The fourth-order valence-electron chi connectivity index (χ4n) is 0.329. The molecular formula is C4H3N2O2. The van der Waals surface area contributed by atoms with Crippen molar-refractivity contribution in [2.75, 3.05) is 5.32 Å². The van der Waals surface area contributed by atoms with Gasteiger partial charge >= 0.3 is 6.41 Å². The van der Waals surface area contributed by atoms with E-state index in [4.69, 9.17) is 0 Å². The van der Waals surface area contributed by atoms with Crippen LogP contribution >= 0.6 is 0 Å². The molecule has 1 heterocycles. The lowest BCUT2D eigenvalue weighted by Crippen LogP contribution is -1.91. The van der Waals surface area contributed by atoms with Crippen molar-refractivity contribution in [3.8, 4) is 0 Å². The van der Waals surface area contributed by atoms with Crippen molar-refractivity contribution in [2.24, 2.45) is 0 Å². The zero-order chi connectivity index (χ0) is 5.82. The van der Waals surface area contributed by atoms with E-state index in [1.807, 2.05) is 0 Å². The molecule has 0 bridgehead atoms. The molecule has 0 atom stereocenters. The van der Waals surface area contributed by atoms with Gasteiger partial charge in [-0.1, -0.05) is 5.16 Å². The molecule has 0 aromatic carbocycles. The fourth-order valence-corrected chi connectivity index (χ4v) is 0.329. The van der Waals surface area contributed by atoms with E-state index in [-0.39, 0.29) is 0 Å². The normalized spacial score (nSPS) is 8.50. The average molecular weight is 111 g/mol. The number of anilines is 1. The van der Waals surface area contributed by atoms with Crippen LogP contribution in [0.5, 0.6) is 0 Å². The second-order valence-corrected chi connectivity index (χ2v) is 1.11. The van der Waals surface area contributed by atoms with Gasteiger partial charge in [0, 0.05) is 6.07 Å². The fraction of sp³-hybridized carbons (Fsp3) is 0. The summed E-state index contributed by atoms with van der Waals surface area (Å²) >= 11 is 0. The number of nitrogens with zero attached hydrogens (tertiary/aromatic N) is 1. The third kappa shape index (κ3) is 0.841. The van der Waals surface area contributed by atoms with E-state index < -0.39 is 0 Å². The van der Waals surface area contributed by atoms with Crippen molar-refractivity contribution in [3.63, 3.8) is 0 Å². The number of hydrogen-bond donors (Lipinski definition) is 1. The molecule has 41 valence electrons. The number of amides is 1. The zero-order valence-electron chi connectivity index (χ0n) is 3.92. The van der Waals surface area contributed by atoms with Crippen LogP contribution in [0.25, 0.3) is 0 Å². The molecule has 0 aliphatic heterocycles. The molecule has 1 N–H and O–H groups in total. The molecule has 8 heavy (non-hydrogen) atoms. The molecule has 0 spiro atoms. The Morgan fingerprint density at radius 1 is 1.88 bits per heavy atom. The Balaban J connectivity index is 2.62. The molecule has 0 saturated heterocycles. The maximum atomic E-state index is 9.55. The van der Waals surface area contributed by atoms with Gasteiger partial charge in [-0.3, -0.25) is 10.1 Å². The van der Waals surface area contributed by atoms with Crippen molar-refractivity contribution >= 4 is 12.2 Å². The van der Waals surface area contributed by atoms with Crippen LogP contribution < -0.4 is 5.32 Å². The van der Waals surface area contributed by atoms with Crippen molar-refractivity contribution in [1.29, 1.82) is 0 Å². The molecule has 4 heteroatoms. The van der Waals surface area contributed by atoms with Gasteiger partial charge in [0.25, 0.3) is 0 Å². The summed E-state index contributed by atoms with van der Waals surface area (Å²) in [5.74, 6) is 0.375. The highest BCUT2D eigenvalue weighted by atomic mass is 16.5. The summed E-state index contributed by atoms with van der Waals surface area (Å²) in [6.45, 7) is 0. The predicted octanol–water partition coefficient (Wildman–Crippen LogP) is 0.154. The first-order chi connectivity index (χ1) is 3.93. The van der Waals surface area contributed by atoms with Gasteiger partial charge in [0.15, 0.2) is 5.82 Å². The van der Waals surface area contributed by atoms with Gasteiger partial charge < -0.3 is 4.52 Å². The van der Waals surface area contributed by atoms with Gasteiger partial charge in [0.05, 0.1) is 0 Å². The highest BCUT2D eigenvalue weighted by Crippen LogP contribution is 1.97. The smallest absolute Gasteiger partial charge is 0.315 e. The maximum absolute atomic E-state index is 9.55. The molecule has 0 aliphatic rings. The van der Waals surface area contributed by atoms with E-state index in [1.54, 1.807) is 0 Å². The summed E-state index contributed by atoms with van der Waals surface area (Å²) in [4.78, 5) is 9.55. The summed E-state index contributed by atoms with van der Waals surface area (Å²) in [6.07, 6.45) is 2.81. The first kappa shape index (κ1) is 4.83. The van der Waals surface area contributed by atoms with Gasteiger partial charge in [-0.05, 0) is 0 Å². The number of aromatic nitrogens is 1. The summed E-state index contributed by atoms with van der Waals surface area (Å²) < 4.78 is 4.38. The lowest BCUT2D eigenvalue weighted by molar-refractivity contribution is 0.423. The van der Waals surface area contributed by atoms with Crippen molar-refractivity contribution in [1.82, 2.24) is 5.16 Å². The first-order valence-electron chi connectivity index (χ1n) is 1.97. The standard InChI is InChI=1S/C4H3N2O2/c7-3-5-4-1-2-8-6-4/h1-2H,(H,5,6,7). The quantitative estimate of drug-likeness (QED) is 0.553. The first-order valence-corrected chi connectivity index (χ1v) is 1.97. The van der Waals surface area contributed by atoms with Crippen LogP contribution in [0.15, 0.2) is 16.9 Å². The molecule has 0 unspecified atom stereocenters. The third-order valence-corrected chi connectivity index (χ3v) is 0.617. The lowest BCUT2D eigenvalue weighted by Gasteiger charge is -1.79. The molecule has 4 nitrogen and oxygen atoms in total. The number of hydrogen-bond acceptors (Lipinski definition) is 3. The van der Waals surface area contributed by atoms with E-state index >= 15 is 0 Å². The molecule has 1 aromatic rings. The second-order valence-electron chi connectivity index (χ2n) is 1.11. The Labute approximate surface area is 45.5 Å². The van der Waals surface area contributed by atoms with Crippen LogP contribution in [0.2, 0.25) is 0 Å². The molecule has 1 radical (unpaired) electrons. The van der Waals surface area contributed by atoms with Crippen LogP contribution in [0.4, 0.5) is 5.82 Å². The summed E-state index contributed by atoms with van der Waals surface area (Å²) in [6, 6.07) is 1.52. The molecule has 1 aromatic heterocycles. The summed E-state index contributed by atoms with van der Waals surface area (Å²) in [5, 5.41) is 5.53. The van der Waals surface area contributed by atoms with Gasteiger partial charge in [0.2, 0.25) is 0 Å². The van der Waals surface area contributed by atoms with E-state index in [0.717, 1.165) is 0 Å². The van der Waals surface area contributed by atoms with Gasteiger partial charge in [-0.15, -0.1) is 0 Å².